The third-order valence-electron chi connectivity index (χ3n) is 2.87. The van der Waals surface area contributed by atoms with Gasteiger partial charge in [-0.15, -0.1) is 0 Å². The minimum absolute atomic E-state index is 0.302. The Bertz CT molecular complexity index is 634. The van der Waals surface area contributed by atoms with Crippen molar-refractivity contribution in [1.29, 1.82) is 0 Å². The van der Waals surface area contributed by atoms with Crippen LogP contribution in [0.25, 0.3) is 10.8 Å². The molecule has 0 aliphatic heterocycles. The summed E-state index contributed by atoms with van der Waals surface area (Å²) in [6.45, 7) is 0. The van der Waals surface area contributed by atoms with Gasteiger partial charge in [0.1, 0.15) is 17.1 Å². The van der Waals surface area contributed by atoms with Gasteiger partial charge in [0.15, 0.2) is 0 Å². The molecule has 3 rings (SSSR count). The zero-order valence-corrected chi connectivity index (χ0v) is 9.99. The van der Waals surface area contributed by atoms with Crippen molar-refractivity contribution in [2.45, 2.75) is 12.6 Å². The van der Waals surface area contributed by atoms with Gasteiger partial charge in [-0.25, -0.2) is 14.4 Å². The van der Waals surface area contributed by atoms with Crippen molar-refractivity contribution >= 4 is 34.1 Å². The van der Waals surface area contributed by atoms with Crippen molar-refractivity contribution in [3.8, 4) is 0 Å². The summed E-state index contributed by atoms with van der Waals surface area (Å²) < 4.78 is 12.7. The Balaban J connectivity index is 1.84. The van der Waals surface area contributed by atoms with E-state index in [1.165, 1.54) is 0 Å². The molecule has 18 heavy (non-hydrogen) atoms. The number of anilines is 1. The molecule has 0 unspecified atom stereocenters. The molecule has 2 aromatic rings. The molecule has 1 amide bonds. The summed E-state index contributed by atoms with van der Waals surface area (Å²) in [5, 5.41) is 4.63. The second-order valence-electron chi connectivity index (χ2n) is 4.27. The molecule has 2 atom stereocenters. The molecule has 6 heteroatoms. The molecule has 0 spiro atoms. The Morgan fingerprint density at radius 2 is 2.00 bits per heavy atom. The minimum Gasteiger partial charge on any atom is -0.310 e. The number of hydrogen-bond acceptors (Lipinski definition) is 3. The number of aromatic nitrogens is 2. The second kappa shape index (κ2) is 4.17. The molecule has 2 heterocycles. The van der Waals surface area contributed by atoms with Gasteiger partial charge < -0.3 is 5.32 Å². The molecule has 1 aliphatic rings. The molecule has 1 aliphatic carbocycles. The summed E-state index contributed by atoms with van der Waals surface area (Å²) >= 11 is 5.76. The molecular weight excluding hydrogens is 257 g/mol. The van der Waals surface area contributed by atoms with Crippen LogP contribution in [0.1, 0.15) is 6.42 Å². The molecule has 0 aromatic carbocycles. The van der Waals surface area contributed by atoms with E-state index < -0.39 is 12.1 Å². The fraction of sp³-hybridized carbons (Fsp3) is 0.250. The highest BCUT2D eigenvalue weighted by Gasteiger charge is 2.43. The third-order valence-corrected chi connectivity index (χ3v) is 3.08. The predicted octanol–water partition coefficient (Wildman–Crippen LogP) is 2.58. The number of amides is 1. The van der Waals surface area contributed by atoms with E-state index in [1.807, 2.05) is 0 Å². The standard InChI is InChI=1S/C12H9ClFN3O/c13-10-1-6-5-16-11(2-7(6)4-15-10)17-12(18)8-3-9(8)14/h1-2,4-5,8-9H,3H2,(H,16,17,18)/t8-,9+/m0/s1. The topological polar surface area (TPSA) is 54.9 Å². The van der Waals surface area contributed by atoms with E-state index in [9.17, 15) is 9.18 Å². The van der Waals surface area contributed by atoms with Crippen molar-refractivity contribution in [3.05, 3.63) is 29.7 Å². The van der Waals surface area contributed by atoms with Crippen LogP contribution in [0.2, 0.25) is 5.15 Å². The number of pyridine rings is 2. The minimum atomic E-state index is -1.01. The first kappa shape index (κ1) is 11.3. The van der Waals surface area contributed by atoms with Crippen LogP contribution in [0.5, 0.6) is 0 Å². The van der Waals surface area contributed by atoms with Crippen molar-refractivity contribution in [1.82, 2.24) is 9.97 Å². The van der Waals surface area contributed by atoms with Gasteiger partial charge in [0, 0.05) is 23.2 Å². The largest absolute Gasteiger partial charge is 0.310 e. The van der Waals surface area contributed by atoms with Crippen molar-refractivity contribution in [2.75, 3.05) is 5.32 Å². The number of carbonyl (C=O) groups excluding carboxylic acids is 1. The zero-order valence-electron chi connectivity index (χ0n) is 9.23. The molecule has 4 nitrogen and oxygen atoms in total. The highest BCUT2D eigenvalue weighted by molar-refractivity contribution is 6.30. The van der Waals surface area contributed by atoms with Crippen LogP contribution in [-0.4, -0.2) is 22.0 Å². The number of alkyl halides is 1. The fourth-order valence-electron chi connectivity index (χ4n) is 1.73. The Labute approximate surface area is 107 Å². The Kier molecular flexibility index (Phi) is 2.63. The van der Waals surface area contributed by atoms with E-state index in [4.69, 9.17) is 11.6 Å². The summed E-state index contributed by atoms with van der Waals surface area (Å²) in [4.78, 5) is 19.6. The summed E-state index contributed by atoms with van der Waals surface area (Å²) in [6.07, 6.45) is 2.49. The molecule has 0 bridgehead atoms. The quantitative estimate of drug-likeness (QED) is 0.849. The maximum atomic E-state index is 12.7. The van der Waals surface area contributed by atoms with Gasteiger partial charge in [0.2, 0.25) is 5.91 Å². The number of rotatable bonds is 2. The molecule has 0 saturated heterocycles. The van der Waals surface area contributed by atoms with Gasteiger partial charge >= 0.3 is 0 Å². The summed E-state index contributed by atoms with van der Waals surface area (Å²) in [5.74, 6) is -0.446. The fourth-order valence-corrected chi connectivity index (χ4v) is 1.90. The molecule has 1 saturated carbocycles. The molecule has 0 radical (unpaired) electrons. The first-order valence-corrected chi connectivity index (χ1v) is 5.87. The van der Waals surface area contributed by atoms with Gasteiger partial charge in [-0.3, -0.25) is 4.79 Å². The van der Waals surface area contributed by atoms with Crippen LogP contribution in [0.4, 0.5) is 10.2 Å². The number of hydrogen-bond donors (Lipinski definition) is 1. The first-order valence-electron chi connectivity index (χ1n) is 5.50. The van der Waals surface area contributed by atoms with E-state index in [-0.39, 0.29) is 5.91 Å². The van der Waals surface area contributed by atoms with Gasteiger partial charge in [-0.2, -0.15) is 0 Å². The van der Waals surface area contributed by atoms with Gasteiger partial charge in [0.05, 0.1) is 5.92 Å². The van der Waals surface area contributed by atoms with Gasteiger partial charge in [-0.1, -0.05) is 11.6 Å². The summed E-state index contributed by atoms with van der Waals surface area (Å²) in [7, 11) is 0. The van der Waals surface area contributed by atoms with Crippen molar-refractivity contribution < 1.29 is 9.18 Å². The van der Waals surface area contributed by atoms with Gasteiger partial charge in [0.25, 0.3) is 0 Å². The maximum Gasteiger partial charge on any atom is 0.231 e. The summed E-state index contributed by atoms with van der Waals surface area (Å²) in [6, 6.07) is 3.38. The molecular formula is C12H9ClFN3O. The van der Waals surface area contributed by atoms with Crippen LogP contribution in [0.3, 0.4) is 0 Å². The first-order chi connectivity index (χ1) is 8.63. The number of nitrogens with zero attached hydrogens (tertiary/aromatic N) is 2. The lowest BCUT2D eigenvalue weighted by atomic mass is 10.2. The predicted molar refractivity (Wildman–Crippen MR) is 66.2 cm³/mol. The zero-order chi connectivity index (χ0) is 12.7. The average Bonchev–Trinajstić information content (AvgIpc) is 3.07. The normalized spacial score (nSPS) is 21.9. The van der Waals surface area contributed by atoms with E-state index in [1.54, 1.807) is 24.5 Å². The van der Waals surface area contributed by atoms with Crippen LogP contribution in [0, 0.1) is 5.92 Å². The SMILES string of the molecule is O=C(Nc1cc2cnc(Cl)cc2cn1)[C@H]1C[C@H]1F. The molecule has 92 valence electrons. The molecule has 1 N–H and O–H groups in total. The number of carbonyl (C=O) groups is 1. The Morgan fingerprint density at radius 3 is 2.72 bits per heavy atom. The number of fused-ring (bicyclic) bond motifs is 1. The van der Waals surface area contributed by atoms with Crippen LogP contribution in [0.15, 0.2) is 24.5 Å². The van der Waals surface area contributed by atoms with Crippen molar-refractivity contribution in [2.24, 2.45) is 5.92 Å². The smallest absolute Gasteiger partial charge is 0.231 e. The molecule has 2 aromatic heterocycles. The number of nitrogens with one attached hydrogen (secondary N) is 1. The summed E-state index contributed by atoms with van der Waals surface area (Å²) in [5.41, 5.74) is 0. The highest BCUT2D eigenvalue weighted by atomic mass is 35.5. The van der Waals surface area contributed by atoms with Crippen LogP contribution >= 0.6 is 11.6 Å². The Morgan fingerprint density at radius 1 is 1.33 bits per heavy atom. The lowest BCUT2D eigenvalue weighted by Gasteiger charge is -2.04. The lowest BCUT2D eigenvalue weighted by Crippen LogP contribution is -2.15. The highest BCUT2D eigenvalue weighted by Crippen LogP contribution is 2.34. The molecule has 1 fully saturated rings. The maximum absolute atomic E-state index is 12.7. The monoisotopic (exact) mass is 265 g/mol. The Hall–Kier alpha value is -1.75. The van der Waals surface area contributed by atoms with E-state index in [2.05, 4.69) is 15.3 Å². The second-order valence-corrected chi connectivity index (χ2v) is 4.66. The average molecular weight is 266 g/mol. The van der Waals surface area contributed by atoms with E-state index >= 15 is 0 Å². The van der Waals surface area contributed by atoms with Crippen LogP contribution < -0.4 is 5.32 Å². The van der Waals surface area contributed by atoms with Crippen LogP contribution in [-0.2, 0) is 4.79 Å². The van der Waals surface area contributed by atoms with Gasteiger partial charge in [-0.05, 0) is 18.6 Å². The van der Waals surface area contributed by atoms with Crippen molar-refractivity contribution in [3.63, 3.8) is 0 Å². The lowest BCUT2D eigenvalue weighted by molar-refractivity contribution is -0.117. The third kappa shape index (κ3) is 2.13. The van der Waals surface area contributed by atoms with E-state index in [0.717, 1.165) is 10.8 Å². The van der Waals surface area contributed by atoms with E-state index in [0.29, 0.717) is 17.4 Å². The number of halogens is 2.